The molecule has 0 atom stereocenters. The Bertz CT molecular complexity index is 887. The standard InChI is InChI=1S/C20H21ClN4O/c1-15-4-2-5-16(12-15)20-22-19(26-23-20)14-24-8-10-25(11-9-24)18-7-3-6-17(21)13-18/h2-7,12-13H,8-11,14H2,1H3/p+1. The molecular weight excluding hydrogens is 348 g/mol. The number of halogens is 1. The maximum absolute atomic E-state index is 6.10. The molecule has 26 heavy (non-hydrogen) atoms. The minimum atomic E-state index is 0.667. The Kier molecular flexibility index (Phi) is 4.91. The summed E-state index contributed by atoms with van der Waals surface area (Å²) in [6.45, 7) is 6.89. The fourth-order valence-corrected chi connectivity index (χ4v) is 3.56. The van der Waals surface area contributed by atoms with Crippen LogP contribution in [-0.4, -0.2) is 36.3 Å². The predicted molar refractivity (Wildman–Crippen MR) is 103 cm³/mol. The highest BCUT2D eigenvalue weighted by Gasteiger charge is 2.23. The summed E-state index contributed by atoms with van der Waals surface area (Å²) in [5.74, 6) is 1.37. The van der Waals surface area contributed by atoms with Crippen molar-refractivity contribution in [2.75, 3.05) is 31.1 Å². The van der Waals surface area contributed by atoms with E-state index in [1.807, 2.05) is 30.3 Å². The maximum Gasteiger partial charge on any atom is 0.282 e. The molecule has 1 aromatic heterocycles. The Morgan fingerprint density at radius 3 is 2.69 bits per heavy atom. The molecule has 2 aromatic carbocycles. The zero-order chi connectivity index (χ0) is 17.9. The molecule has 0 amide bonds. The van der Waals surface area contributed by atoms with Crippen LogP contribution in [0.4, 0.5) is 5.69 Å². The quantitative estimate of drug-likeness (QED) is 0.768. The van der Waals surface area contributed by atoms with E-state index in [4.69, 9.17) is 16.1 Å². The lowest BCUT2D eigenvalue weighted by molar-refractivity contribution is -0.915. The van der Waals surface area contributed by atoms with Gasteiger partial charge in [-0.1, -0.05) is 46.6 Å². The van der Waals surface area contributed by atoms with Gasteiger partial charge in [0.15, 0.2) is 6.54 Å². The van der Waals surface area contributed by atoms with Gasteiger partial charge in [-0.3, -0.25) is 0 Å². The largest absolute Gasteiger partial charge is 0.360 e. The lowest BCUT2D eigenvalue weighted by Crippen LogP contribution is -3.13. The van der Waals surface area contributed by atoms with Crippen LogP contribution in [0.1, 0.15) is 11.5 Å². The molecule has 1 saturated heterocycles. The van der Waals surface area contributed by atoms with Crippen LogP contribution in [0.15, 0.2) is 53.1 Å². The number of aromatic nitrogens is 2. The van der Waals surface area contributed by atoms with Crippen LogP contribution in [-0.2, 0) is 6.54 Å². The molecule has 4 rings (SSSR count). The van der Waals surface area contributed by atoms with Crippen LogP contribution in [0.3, 0.4) is 0 Å². The number of rotatable bonds is 4. The Balaban J connectivity index is 1.36. The predicted octanol–water partition coefficient (Wildman–Crippen LogP) is 2.60. The molecule has 134 valence electrons. The van der Waals surface area contributed by atoms with E-state index >= 15 is 0 Å². The Labute approximate surface area is 158 Å². The van der Waals surface area contributed by atoms with Crippen molar-refractivity contribution in [1.82, 2.24) is 10.1 Å². The number of piperazine rings is 1. The summed E-state index contributed by atoms with van der Waals surface area (Å²) in [5, 5.41) is 4.92. The van der Waals surface area contributed by atoms with Crippen molar-refractivity contribution in [3.63, 3.8) is 0 Å². The molecular formula is C20H22ClN4O+. The number of benzene rings is 2. The monoisotopic (exact) mass is 369 g/mol. The third kappa shape index (κ3) is 3.89. The van der Waals surface area contributed by atoms with Crippen molar-refractivity contribution in [3.8, 4) is 11.4 Å². The van der Waals surface area contributed by atoms with Gasteiger partial charge in [-0.2, -0.15) is 4.98 Å². The molecule has 1 aliphatic rings. The van der Waals surface area contributed by atoms with E-state index in [-0.39, 0.29) is 0 Å². The summed E-state index contributed by atoms with van der Waals surface area (Å²) in [4.78, 5) is 8.41. The Hall–Kier alpha value is -2.37. The van der Waals surface area contributed by atoms with Crippen LogP contribution >= 0.6 is 11.6 Å². The van der Waals surface area contributed by atoms with Crippen LogP contribution in [0.5, 0.6) is 0 Å². The molecule has 3 aromatic rings. The SMILES string of the molecule is Cc1cccc(-c2noc(C[NH+]3CCN(c4cccc(Cl)c4)CC3)n2)c1. The number of nitrogens with one attached hydrogen (secondary N) is 1. The fraction of sp³-hybridized carbons (Fsp3) is 0.300. The molecule has 0 bridgehead atoms. The summed E-state index contributed by atoms with van der Waals surface area (Å²) in [7, 11) is 0. The van der Waals surface area contributed by atoms with E-state index in [9.17, 15) is 0 Å². The van der Waals surface area contributed by atoms with Gasteiger partial charge in [-0.05, 0) is 31.2 Å². The van der Waals surface area contributed by atoms with Gasteiger partial charge in [0.05, 0.1) is 26.2 Å². The third-order valence-electron chi connectivity index (χ3n) is 4.79. The second-order valence-electron chi connectivity index (χ2n) is 6.77. The molecule has 6 heteroatoms. The van der Waals surface area contributed by atoms with Crippen molar-refractivity contribution in [2.24, 2.45) is 0 Å². The molecule has 1 N–H and O–H groups in total. The highest BCUT2D eigenvalue weighted by atomic mass is 35.5. The first-order valence-corrected chi connectivity index (χ1v) is 9.29. The number of aryl methyl sites for hydroxylation is 1. The van der Waals surface area contributed by atoms with Crippen LogP contribution in [0, 0.1) is 6.92 Å². The average molecular weight is 370 g/mol. The average Bonchev–Trinajstić information content (AvgIpc) is 3.11. The van der Waals surface area contributed by atoms with Gasteiger partial charge >= 0.3 is 0 Å². The zero-order valence-corrected chi connectivity index (χ0v) is 15.5. The van der Waals surface area contributed by atoms with Crippen LogP contribution in [0.2, 0.25) is 5.02 Å². The lowest BCUT2D eigenvalue weighted by atomic mass is 10.1. The lowest BCUT2D eigenvalue weighted by Gasteiger charge is -2.33. The maximum atomic E-state index is 6.10. The van der Waals surface area contributed by atoms with Crippen molar-refractivity contribution in [3.05, 3.63) is 65.0 Å². The molecule has 1 aliphatic heterocycles. The Morgan fingerprint density at radius 1 is 1.12 bits per heavy atom. The van der Waals surface area contributed by atoms with E-state index < -0.39 is 0 Å². The smallest absolute Gasteiger partial charge is 0.282 e. The topological polar surface area (TPSA) is 46.6 Å². The molecule has 0 spiro atoms. The number of hydrogen-bond acceptors (Lipinski definition) is 4. The highest BCUT2D eigenvalue weighted by Crippen LogP contribution is 2.19. The number of nitrogens with zero attached hydrogens (tertiary/aromatic N) is 3. The molecule has 0 unspecified atom stereocenters. The van der Waals surface area contributed by atoms with Gasteiger partial charge in [-0.25, -0.2) is 0 Å². The first kappa shape index (κ1) is 17.1. The number of anilines is 1. The van der Waals surface area contributed by atoms with Crippen molar-refractivity contribution < 1.29 is 9.42 Å². The fourth-order valence-electron chi connectivity index (χ4n) is 3.37. The van der Waals surface area contributed by atoms with Gasteiger partial charge in [0.25, 0.3) is 5.89 Å². The third-order valence-corrected chi connectivity index (χ3v) is 5.02. The van der Waals surface area contributed by atoms with Crippen LogP contribution < -0.4 is 9.80 Å². The van der Waals surface area contributed by atoms with Crippen molar-refractivity contribution in [2.45, 2.75) is 13.5 Å². The molecule has 5 nitrogen and oxygen atoms in total. The number of hydrogen-bond donors (Lipinski definition) is 1. The normalized spacial score (nSPS) is 15.4. The zero-order valence-electron chi connectivity index (χ0n) is 14.8. The van der Waals surface area contributed by atoms with E-state index in [2.05, 4.69) is 40.2 Å². The minimum absolute atomic E-state index is 0.667. The molecule has 0 aliphatic carbocycles. The summed E-state index contributed by atoms with van der Waals surface area (Å²) in [5.41, 5.74) is 3.38. The van der Waals surface area contributed by atoms with Gasteiger partial charge in [0.2, 0.25) is 5.82 Å². The van der Waals surface area contributed by atoms with Crippen molar-refractivity contribution >= 4 is 17.3 Å². The summed E-state index contributed by atoms with van der Waals surface area (Å²) < 4.78 is 5.48. The van der Waals surface area contributed by atoms with Gasteiger partial charge in [-0.15, -0.1) is 0 Å². The van der Waals surface area contributed by atoms with E-state index in [1.165, 1.54) is 16.2 Å². The molecule has 0 radical (unpaired) electrons. The highest BCUT2D eigenvalue weighted by molar-refractivity contribution is 6.30. The summed E-state index contributed by atoms with van der Waals surface area (Å²) in [6.07, 6.45) is 0. The second kappa shape index (κ2) is 7.48. The number of quaternary nitrogens is 1. The van der Waals surface area contributed by atoms with Gasteiger partial charge < -0.3 is 14.3 Å². The molecule has 2 heterocycles. The molecule has 1 fully saturated rings. The first-order chi connectivity index (χ1) is 12.7. The minimum Gasteiger partial charge on any atom is -0.360 e. The molecule has 0 saturated carbocycles. The Morgan fingerprint density at radius 2 is 1.92 bits per heavy atom. The van der Waals surface area contributed by atoms with E-state index in [1.54, 1.807) is 0 Å². The summed E-state index contributed by atoms with van der Waals surface area (Å²) in [6, 6.07) is 16.2. The summed E-state index contributed by atoms with van der Waals surface area (Å²) >= 11 is 6.10. The first-order valence-electron chi connectivity index (χ1n) is 8.91. The second-order valence-corrected chi connectivity index (χ2v) is 7.21. The van der Waals surface area contributed by atoms with Gasteiger partial charge in [0, 0.05) is 16.3 Å². The van der Waals surface area contributed by atoms with Crippen molar-refractivity contribution in [1.29, 1.82) is 0 Å². The van der Waals surface area contributed by atoms with E-state index in [0.717, 1.165) is 43.3 Å². The van der Waals surface area contributed by atoms with Gasteiger partial charge in [0.1, 0.15) is 0 Å². The van der Waals surface area contributed by atoms with Crippen LogP contribution in [0.25, 0.3) is 11.4 Å². The van der Waals surface area contributed by atoms with E-state index in [0.29, 0.717) is 11.7 Å².